The third kappa shape index (κ3) is 3.88. The van der Waals surface area contributed by atoms with Gasteiger partial charge in [0.2, 0.25) is 0 Å². The van der Waals surface area contributed by atoms with Gasteiger partial charge in [-0.25, -0.2) is 4.98 Å². The first-order chi connectivity index (χ1) is 14.7. The number of hydrogen-bond donors (Lipinski definition) is 1. The van der Waals surface area contributed by atoms with Crippen molar-refractivity contribution in [3.8, 4) is 17.0 Å². The molecule has 0 bridgehead atoms. The van der Waals surface area contributed by atoms with Crippen molar-refractivity contribution in [2.75, 3.05) is 18.8 Å². The van der Waals surface area contributed by atoms with E-state index in [0.29, 0.717) is 35.1 Å². The lowest BCUT2D eigenvalue weighted by Gasteiger charge is -2.25. The molecule has 4 atom stereocenters. The van der Waals surface area contributed by atoms with Gasteiger partial charge in [-0.15, -0.1) is 13.2 Å². The van der Waals surface area contributed by atoms with Crippen LogP contribution in [0.1, 0.15) is 57.2 Å². The Hall–Kier alpha value is -2.29. The molecule has 3 heterocycles. The number of nitrogen functional groups attached to an aromatic ring is 1. The molecule has 1 saturated heterocycles. The van der Waals surface area contributed by atoms with E-state index in [-0.39, 0.29) is 11.9 Å². The zero-order valence-corrected chi connectivity index (χ0v) is 17.8. The van der Waals surface area contributed by atoms with E-state index in [4.69, 9.17) is 10.8 Å². The van der Waals surface area contributed by atoms with Crippen LogP contribution in [0, 0.1) is 11.8 Å². The van der Waals surface area contributed by atoms with Gasteiger partial charge in [-0.3, -0.25) is 4.68 Å². The van der Waals surface area contributed by atoms with Crippen molar-refractivity contribution in [2.24, 2.45) is 11.8 Å². The van der Waals surface area contributed by atoms with Gasteiger partial charge < -0.3 is 15.4 Å². The average molecular weight is 435 g/mol. The Morgan fingerprint density at radius 1 is 1.13 bits per heavy atom. The lowest BCUT2D eigenvalue weighted by atomic mass is 10.0. The summed E-state index contributed by atoms with van der Waals surface area (Å²) in [4.78, 5) is 6.54. The first-order valence-corrected chi connectivity index (χ1v) is 11.1. The molecule has 2 aliphatic carbocycles. The predicted octanol–water partition coefficient (Wildman–Crippen LogP) is 4.59. The molecule has 0 spiro atoms. The maximum absolute atomic E-state index is 12.7. The summed E-state index contributed by atoms with van der Waals surface area (Å²) < 4.78 is 44.1. The third-order valence-electron chi connectivity index (χ3n) is 7.08. The Labute approximate surface area is 179 Å². The zero-order chi connectivity index (χ0) is 21.9. The predicted molar refractivity (Wildman–Crippen MR) is 110 cm³/mol. The van der Waals surface area contributed by atoms with Crippen LogP contribution in [0.25, 0.3) is 11.3 Å². The smallest absolute Gasteiger partial charge is 0.402 e. The minimum atomic E-state index is -4.83. The number of rotatable bonds is 5. The van der Waals surface area contributed by atoms with Crippen LogP contribution in [0.5, 0.6) is 5.75 Å². The number of fused-ring (bicyclic) bond motifs is 1. The number of hydrogen-bond acceptors (Lipinski definition) is 5. The third-order valence-corrected chi connectivity index (χ3v) is 7.08. The van der Waals surface area contributed by atoms with Gasteiger partial charge >= 0.3 is 6.36 Å². The van der Waals surface area contributed by atoms with Gasteiger partial charge in [0.25, 0.3) is 0 Å². The number of nitrogens with zero attached hydrogens (tertiary/aromatic N) is 4. The second-order valence-electron chi connectivity index (χ2n) is 9.37. The first-order valence-electron chi connectivity index (χ1n) is 11.1. The molecular formula is C22H28F3N5O. The van der Waals surface area contributed by atoms with Gasteiger partial charge in [-0.05, 0) is 76.6 Å². The topological polar surface area (TPSA) is 69.2 Å². The number of ether oxygens (including phenoxy) is 1. The molecule has 3 aliphatic rings. The van der Waals surface area contributed by atoms with Crippen molar-refractivity contribution >= 4 is 5.82 Å². The number of anilines is 1. The molecule has 1 aliphatic heterocycles. The highest BCUT2D eigenvalue weighted by molar-refractivity contribution is 5.64. The molecular weight excluding hydrogens is 407 g/mol. The fourth-order valence-electron chi connectivity index (χ4n) is 5.67. The number of pyridine rings is 1. The van der Waals surface area contributed by atoms with Crippen molar-refractivity contribution in [3.05, 3.63) is 24.0 Å². The summed E-state index contributed by atoms with van der Waals surface area (Å²) in [5.41, 5.74) is 7.82. The lowest BCUT2D eigenvalue weighted by Crippen LogP contribution is -2.31. The number of halogens is 3. The van der Waals surface area contributed by atoms with Crippen molar-refractivity contribution in [1.82, 2.24) is 19.7 Å². The molecule has 2 saturated carbocycles. The largest absolute Gasteiger partial charge is 0.573 e. The SMILES string of the molecule is CC(C)n1nc(-c2cnc(N)c(OC(F)(F)F)c2)cc1[C@H]1[C@@H]2C[C@@H](N3CCCC3)C[C@@H]21. The second kappa shape index (κ2) is 7.39. The molecule has 3 fully saturated rings. The summed E-state index contributed by atoms with van der Waals surface area (Å²) in [5, 5.41) is 4.72. The van der Waals surface area contributed by atoms with Crippen LogP contribution in [0.3, 0.4) is 0 Å². The normalized spacial score (nSPS) is 28.3. The van der Waals surface area contributed by atoms with Crippen molar-refractivity contribution in [3.63, 3.8) is 0 Å². The average Bonchev–Trinajstić information content (AvgIpc) is 3.21. The van der Waals surface area contributed by atoms with Gasteiger partial charge in [0, 0.05) is 35.5 Å². The van der Waals surface area contributed by atoms with E-state index in [2.05, 4.69) is 28.5 Å². The van der Waals surface area contributed by atoms with Crippen molar-refractivity contribution < 1.29 is 17.9 Å². The van der Waals surface area contributed by atoms with Crippen LogP contribution in [0.2, 0.25) is 0 Å². The van der Waals surface area contributed by atoms with Gasteiger partial charge in [-0.1, -0.05) is 0 Å². The molecule has 0 radical (unpaired) electrons. The van der Waals surface area contributed by atoms with Crippen LogP contribution in [0.4, 0.5) is 19.0 Å². The summed E-state index contributed by atoms with van der Waals surface area (Å²) in [6.45, 7) is 6.61. The molecule has 6 nitrogen and oxygen atoms in total. The fourth-order valence-corrected chi connectivity index (χ4v) is 5.67. The van der Waals surface area contributed by atoms with Crippen molar-refractivity contribution in [2.45, 2.75) is 63.9 Å². The molecule has 168 valence electrons. The minimum absolute atomic E-state index is 0.159. The highest BCUT2D eigenvalue weighted by atomic mass is 19.4. The summed E-state index contributed by atoms with van der Waals surface area (Å²) in [6, 6.07) is 4.15. The van der Waals surface area contributed by atoms with E-state index >= 15 is 0 Å². The number of aromatic nitrogens is 3. The van der Waals surface area contributed by atoms with E-state index in [9.17, 15) is 13.2 Å². The summed E-state index contributed by atoms with van der Waals surface area (Å²) in [5.74, 6) is 1.05. The molecule has 5 rings (SSSR count). The Kier molecular flexibility index (Phi) is 4.91. The Morgan fingerprint density at radius 3 is 2.42 bits per heavy atom. The molecule has 0 amide bonds. The van der Waals surface area contributed by atoms with Gasteiger partial charge in [0.1, 0.15) is 0 Å². The summed E-state index contributed by atoms with van der Waals surface area (Å²) in [6.07, 6.45) is 1.73. The Morgan fingerprint density at radius 2 is 1.81 bits per heavy atom. The maximum Gasteiger partial charge on any atom is 0.573 e. The summed E-state index contributed by atoms with van der Waals surface area (Å²) >= 11 is 0. The monoisotopic (exact) mass is 435 g/mol. The highest BCUT2D eigenvalue weighted by Crippen LogP contribution is 2.64. The molecule has 31 heavy (non-hydrogen) atoms. The fraction of sp³-hybridized carbons (Fsp3) is 0.636. The molecule has 2 aromatic heterocycles. The zero-order valence-electron chi connectivity index (χ0n) is 17.8. The lowest BCUT2D eigenvalue weighted by molar-refractivity contribution is -0.274. The summed E-state index contributed by atoms with van der Waals surface area (Å²) in [7, 11) is 0. The first kappa shape index (κ1) is 20.6. The van der Waals surface area contributed by atoms with Crippen LogP contribution >= 0.6 is 0 Å². The molecule has 2 N–H and O–H groups in total. The molecule has 2 aromatic rings. The Bertz CT molecular complexity index is 955. The van der Waals surface area contributed by atoms with E-state index < -0.39 is 12.1 Å². The van der Waals surface area contributed by atoms with E-state index in [1.54, 1.807) is 0 Å². The number of nitrogens with two attached hydrogens (primary N) is 1. The standard InChI is InChI=1S/C22H28F3N5O/c1-12(2)30-18(20-15-8-14(9-16(15)20)29-5-3-4-6-29)10-17(28-30)13-7-19(21(26)27-11-13)31-22(23,24)25/h7,10-12,14-16,20H,3-6,8-9H2,1-2H3,(H2,26,27)/t14-,15-,16+,20+. The van der Waals surface area contributed by atoms with Gasteiger partial charge in [0.05, 0.1) is 5.69 Å². The van der Waals surface area contributed by atoms with Crippen LogP contribution in [0.15, 0.2) is 18.3 Å². The van der Waals surface area contributed by atoms with E-state index in [1.807, 2.05) is 10.7 Å². The minimum Gasteiger partial charge on any atom is -0.402 e. The van der Waals surface area contributed by atoms with E-state index in [1.165, 1.54) is 56.7 Å². The highest BCUT2D eigenvalue weighted by Gasteiger charge is 2.58. The quantitative estimate of drug-likeness (QED) is 0.744. The molecule has 0 unspecified atom stereocenters. The van der Waals surface area contributed by atoms with Crippen molar-refractivity contribution in [1.29, 1.82) is 0 Å². The molecule has 9 heteroatoms. The van der Waals surface area contributed by atoms with E-state index in [0.717, 1.165) is 0 Å². The van der Waals surface area contributed by atoms with Crippen LogP contribution in [-0.4, -0.2) is 45.2 Å². The van der Waals surface area contributed by atoms with Gasteiger partial charge in [-0.2, -0.15) is 5.10 Å². The maximum atomic E-state index is 12.7. The number of alkyl halides is 3. The number of likely N-dealkylation sites (tertiary alicyclic amines) is 1. The van der Waals surface area contributed by atoms with Crippen LogP contribution in [-0.2, 0) is 0 Å². The van der Waals surface area contributed by atoms with Gasteiger partial charge in [0.15, 0.2) is 11.6 Å². The Balaban J connectivity index is 1.38. The van der Waals surface area contributed by atoms with Crippen LogP contribution < -0.4 is 10.5 Å². The molecule has 0 aromatic carbocycles. The second-order valence-corrected chi connectivity index (χ2v) is 9.37.